The smallest absolute Gasteiger partial charge is 0.246 e. The van der Waals surface area contributed by atoms with Crippen molar-refractivity contribution in [1.82, 2.24) is 24.9 Å². The van der Waals surface area contributed by atoms with Gasteiger partial charge in [-0.05, 0) is 33.6 Å². The maximum atomic E-state index is 12.6. The summed E-state index contributed by atoms with van der Waals surface area (Å²) in [6.07, 6.45) is 8.75. The predicted octanol–water partition coefficient (Wildman–Crippen LogP) is 2.45. The van der Waals surface area contributed by atoms with Gasteiger partial charge in [0, 0.05) is 41.1 Å². The molecule has 1 N–H and O–H groups in total. The Morgan fingerprint density at radius 1 is 1.38 bits per heavy atom. The van der Waals surface area contributed by atoms with Gasteiger partial charge < -0.3 is 5.32 Å². The van der Waals surface area contributed by atoms with Crippen molar-refractivity contribution in [3.63, 3.8) is 0 Å². The van der Waals surface area contributed by atoms with Crippen molar-refractivity contribution in [2.45, 2.75) is 24.8 Å². The summed E-state index contributed by atoms with van der Waals surface area (Å²) in [5.41, 5.74) is 2.53. The number of thioether (sulfide) groups is 1. The van der Waals surface area contributed by atoms with Crippen molar-refractivity contribution in [2.75, 3.05) is 0 Å². The van der Waals surface area contributed by atoms with Gasteiger partial charge in [-0.2, -0.15) is 5.10 Å². The summed E-state index contributed by atoms with van der Waals surface area (Å²) in [7, 11) is 0. The molecule has 1 aliphatic heterocycles. The van der Waals surface area contributed by atoms with E-state index in [1.807, 2.05) is 25.3 Å². The molecule has 4 heterocycles. The number of aliphatic imine (C=N–C) groups is 1. The molecule has 1 amide bonds. The van der Waals surface area contributed by atoms with Crippen LogP contribution in [0.4, 0.5) is 0 Å². The fourth-order valence-corrected chi connectivity index (χ4v) is 4.25. The molecule has 0 saturated carbocycles. The van der Waals surface area contributed by atoms with Gasteiger partial charge in [-0.15, -0.1) is 11.8 Å². The van der Waals surface area contributed by atoms with Crippen LogP contribution < -0.4 is 5.32 Å². The maximum absolute atomic E-state index is 12.6. The van der Waals surface area contributed by atoms with Crippen LogP contribution in [0, 0.1) is 0 Å². The van der Waals surface area contributed by atoms with E-state index in [2.05, 4.69) is 41.3 Å². The van der Waals surface area contributed by atoms with Crippen molar-refractivity contribution >= 4 is 44.3 Å². The van der Waals surface area contributed by atoms with Gasteiger partial charge in [-0.1, -0.05) is 6.92 Å². The minimum Gasteiger partial charge on any atom is -0.350 e. The molecule has 26 heavy (non-hydrogen) atoms. The molecule has 4 rings (SSSR count). The molecule has 7 nitrogen and oxygen atoms in total. The van der Waals surface area contributed by atoms with E-state index in [0.29, 0.717) is 6.54 Å². The third-order valence-electron chi connectivity index (χ3n) is 4.01. The second-order valence-corrected chi connectivity index (χ2v) is 8.16. The number of fused-ring (bicyclic) bond motifs is 1. The van der Waals surface area contributed by atoms with Crippen molar-refractivity contribution in [3.05, 3.63) is 58.7 Å². The van der Waals surface area contributed by atoms with E-state index in [-0.39, 0.29) is 11.2 Å². The van der Waals surface area contributed by atoms with E-state index in [9.17, 15) is 4.79 Å². The molecular weight excluding hydrogens is 416 g/mol. The summed E-state index contributed by atoms with van der Waals surface area (Å²) < 4.78 is 2.59. The van der Waals surface area contributed by atoms with E-state index in [4.69, 9.17) is 0 Å². The van der Waals surface area contributed by atoms with Crippen LogP contribution in [0.5, 0.6) is 0 Å². The molecule has 3 aromatic rings. The Bertz CT molecular complexity index is 1000. The summed E-state index contributed by atoms with van der Waals surface area (Å²) >= 11 is 4.96. The van der Waals surface area contributed by atoms with Gasteiger partial charge in [0.1, 0.15) is 11.1 Å². The second kappa shape index (κ2) is 7.16. The quantitative estimate of drug-likeness (QED) is 0.686. The lowest BCUT2D eigenvalue weighted by atomic mass is 10.2. The number of carbonyl (C=O) groups is 1. The van der Waals surface area contributed by atoms with Gasteiger partial charge in [-0.25, -0.2) is 9.50 Å². The molecular formula is C17H15BrN6OS. The summed E-state index contributed by atoms with van der Waals surface area (Å²) in [4.78, 5) is 25.7. The highest BCUT2D eigenvalue weighted by Crippen LogP contribution is 2.31. The normalized spacial score (nSPS) is 19.5. The highest BCUT2D eigenvalue weighted by Gasteiger charge is 2.33. The molecule has 0 radical (unpaired) electrons. The van der Waals surface area contributed by atoms with Gasteiger partial charge in [-0.3, -0.25) is 14.8 Å². The molecule has 0 aliphatic carbocycles. The van der Waals surface area contributed by atoms with E-state index < -0.39 is 6.04 Å². The molecule has 132 valence electrons. The zero-order chi connectivity index (χ0) is 18.1. The number of carbonyl (C=O) groups excluding carboxylic acids is 1. The number of nitrogens with one attached hydrogen (secondary N) is 1. The fraction of sp³-hybridized carbons (Fsp3) is 0.235. The Kier molecular flexibility index (Phi) is 4.73. The number of pyridine rings is 1. The van der Waals surface area contributed by atoms with Crippen LogP contribution in [0.25, 0.3) is 5.65 Å². The Balaban J connectivity index is 1.50. The van der Waals surface area contributed by atoms with Gasteiger partial charge >= 0.3 is 0 Å². The zero-order valence-corrected chi connectivity index (χ0v) is 16.2. The number of aromatic nitrogens is 4. The summed E-state index contributed by atoms with van der Waals surface area (Å²) in [5, 5.41) is 8.08. The molecule has 2 unspecified atom stereocenters. The second-order valence-electron chi connectivity index (χ2n) is 5.88. The first-order chi connectivity index (χ1) is 12.6. The van der Waals surface area contributed by atoms with Crippen molar-refractivity contribution in [1.29, 1.82) is 0 Å². The SMILES string of the molecule is CC1SC(c2cnn3cccnc23)=NC1C(=O)NCc1cncc(Br)c1. The summed E-state index contributed by atoms with van der Waals surface area (Å²) in [6.45, 7) is 2.42. The van der Waals surface area contributed by atoms with Crippen LogP contribution in [0.2, 0.25) is 0 Å². The van der Waals surface area contributed by atoms with Crippen LogP contribution in [0.3, 0.4) is 0 Å². The minimum absolute atomic E-state index is 0.0456. The van der Waals surface area contributed by atoms with Crippen LogP contribution in [0.15, 0.2) is 52.6 Å². The van der Waals surface area contributed by atoms with Gasteiger partial charge in [0.05, 0.1) is 11.8 Å². The number of halogens is 1. The van der Waals surface area contributed by atoms with E-state index in [1.54, 1.807) is 41.1 Å². The van der Waals surface area contributed by atoms with Crippen LogP contribution in [-0.2, 0) is 11.3 Å². The van der Waals surface area contributed by atoms with Crippen molar-refractivity contribution in [3.8, 4) is 0 Å². The number of nitrogens with zero attached hydrogens (tertiary/aromatic N) is 5. The Hall–Kier alpha value is -2.26. The Labute approximate surface area is 162 Å². The first kappa shape index (κ1) is 17.2. The van der Waals surface area contributed by atoms with Gasteiger partial charge in [0.2, 0.25) is 5.91 Å². The van der Waals surface area contributed by atoms with E-state index >= 15 is 0 Å². The lowest BCUT2D eigenvalue weighted by Crippen LogP contribution is -2.36. The Morgan fingerprint density at radius 2 is 2.27 bits per heavy atom. The van der Waals surface area contributed by atoms with Crippen LogP contribution in [0.1, 0.15) is 18.1 Å². The van der Waals surface area contributed by atoms with Gasteiger partial charge in [0.25, 0.3) is 0 Å². The number of rotatable bonds is 4. The molecule has 0 bridgehead atoms. The molecule has 0 spiro atoms. The average Bonchev–Trinajstić information content (AvgIpc) is 3.23. The first-order valence-corrected chi connectivity index (χ1v) is 9.69. The molecule has 1 aliphatic rings. The topological polar surface area (TPSA) is 84.5 Å². The third-order valence-corrected chi connectivity index (χ3v) is 5.62. The lowest BCUT2D eigenvalue weighted by molar-refractivity contribution is -0.122. The monoisotopic (exact) mass is 430 g/mol. The molecule has 2 atom stereocenters. The van der Waals surface area contributed by atoms with E-state index in [0.717, 1.165) is 26.3 Å². The third kappa shape index (κ3) is 3.36. The average molecular weight is 431 g/mol. The minimum atomic E-state index is -0.436. The maximum Gasteiger partial charge on any atom is 0.246 e. The zero-order valence-electron chi connectivity index (χ0n) is 13.8. The van der Waals surface area contributed by atoms with Crippen molar-refractivity contribution < 1.29 is 4.79 Å². The van der Waals surface area contributed by atoms with Crippen LogP contribution >= 0.6 is 27.7 Å². The molecule has 3 aromatic heterocycles. The molecule has 0 aromatic carbocycles. The number of hydrogen-bond donors (Lipinski definition) is 1. The highest BCUT2D eigenvalue weighted by atomic mass is 79.9. The fourth-order valence-electron chi connectivity index (χ4n) is 2.73. The van der Waals surface area contributed by atoms with Crippen molar-refractivity contribution in [2.24, 2.45) is 4.99 Å². The number of amides is 1. The summed E-state index contributed by atoms with van der Waals surface area (Å²) in [6, 6.07) is 3.32. The summed E-state index contributed by atoms with van der Waals surface area (Å²) in [5.74, 6) is -0.0931. The molecule has 0 saturated heterocycles. The van der Waals surface area contributed by atoms with Crippen LogP contribution in [-0.4, -0.2) is 41.8 Å². The number of hydrogen-bond acceptors (Lipinski definition) is 6. The lowest BCUT2D eigenvalue weighted by Gasteiger charge is -2.12. The standard InChI is InChI=1S/C17H15BrN6OS/c1-10-14(16(25)21-7-11-5-12(18)8-19-6-11)23-17(26-10)13-9-22-24-4-2-3-20-15(13)24/h2-6,8-10,14H,7H2,1H3,(H,21,25). The highest BCUT2D eigenvalue weighted by molar-refractivity contribution is 9.10. The molecule has 0 fully saturated rings. The van der Waals surface area contributed by atoms with Gasteiger partial charge in [0.15, 0.2) is 5.65 Å². The van der Waals surface area contributed by atoms with E-state index in [1.165, 1.54) is 0 Å². The molecule has 9 heteroatoms. The first-order valence-electron chi connectivity index (χ1n) is 8.02. The largest absolute Gasteiger partial charge is 0.350 e. The predicted molar refractivity (Wildman–Crippen MR) is 104 cm³/mol. The Morgan fingerprint density at radius 3 is 3.12 bits per heavy atom.